The second-order valence-electron chi connectivity index (χ2n) is 11.7. The standard InChI is InChI=1S/C34H25N5O7/c1-19-10-15-26(27(16-19)39(45)46)37-32(41)30-29-22-6-2-4-8-24(22)34(31(30)33(37)42,25-9-5-3-7-23(25)29)18-35-36-28(40)17-20-11-13-21(14-12-20)38(43)44/h2-16,18,29-31H,17H2,1H3,(H,36,40)/b35-18-/t29?,30-,31-,34?/m1/s1. The maximum Gasteiger partial charge on any atom is 0.293 e. The molecule has 1 aliphatic heterocycles. The summed E-state index contributed by atoms with van der Waals surface area (Å²) in [5.74, 6) is -3.95. The third kappa shape index (κ3) is 4.14. The van der Waals surface area contributed by atoms with Crippen LogP contribution in [0.15, 0.2) is 96.1 Å². The maximum atomic E-state index is 14.5. The maximum absolute atomic E-state index is 14.5. The first-order chi connectivity index (χ1) is 22.1. The lowest BCUT2D eigenvalue weighted by Gasteiger charge is -2.52. The number of nitro benzene ring substituents is 2. The Morgan fingerprint density at radius 2 is 1.52 bits per heavy atom. The lowest BCUT2D eigenvalue weighted by Crippen LogP contribution is -2.54. The van der Waals surface area contributed by atoms with Crippen LogP contribution in [0.4, 0.5) is 17.1 Å². The highest BCUT2D eigenvalue weighted by atomic mass is 16.6. The zero-order valence-corrected chi connectivity index (χ0v) is 24.3. The van der Waals surface area contributed by atoms with Crippen molar-refractivity contribution in [3.05, 3.63) is 145 Å². The monoisotopic (exact) mass is 615 g/mol. The Bertz CT molecular complexity index is 1980. The fourth-order valence-electron chi connectivity index (χ4n) is 7.42. The molecular formula is C34H25N5O7. The second kappa shape index (κ2) is 10.5. The summed E-state index contributed by atoms with van der Waals surface area (Å²) >= 11 is 0. The van der Waals surface area contributed by atoms with Crippen molar-refractivity contribution in [3.8, 4) is 0 Å². The minimum atomic E-state index is -1.28. The first kappa shape index (κ1) is 28.7. The van der Waals surface area contributed by atoms with E-state index in [1.54, 1.807) is 13.0 Å². The molecule has 2 atom stereocenters. The predicted octanol–water partition coefficient (Wildman–Crippen LogP) is 4.71. The molecule has 3 amide bonds. The molecule has 228 valence electrons. The van der Waals surface area contributed by atoms with E-state index in [9.17, 15) is 34.6 Å². The number of rotatable bonds is 7. The van der Waals surface area contributed by atoms with E-state index in [0.29, 0.717) is 11.1 Å². The molecule has 0 unspecified atom stereocenters. The van der Waals surface area contributed by atoms with Gasteiger partial charge < -0.3 is 0 Å². The lowest BCUT2D eigenvalue weighted by atomic mass is 9.47. The Labute approximate surface area is 261 Å². The molecule has 8 rings (SSSR count). The Morgan fingerprint density at radius 3 is 2.13 bits per heavy atom. The van der Waals surface area contributed by atoms with Crippen LogP contribution in [0.5, 0.6) is 0 Å². The van der Waals surface area contributed by atoms with Gasteiger partial charge in [-0.25, -0.2) is 10.3 Å². The van der Waals surface area contributed by atoms with Gasteiger partial charge in [-0.05, 0) is 46.4 Å². The third-order valence-corrected chi connectivity index (χ3v) is 9.22. The van der Waals surface area contributed by atoms with Gasteiger partial charge in [0.1, 0.15) is 5.69 Å². The number of hydrazone groups is 1. The van der Waals surface area contributed by atoms with Gasteiger partial charge in [0.05, 0.1) is 33.5 Å². The van der Waals surface area contributed by atoms with E-state index in [0.717, 1.165) is 27.2 Å². The molecule has 3 aliphatic carbocycles. The van der Waals surface area contributed by atoms with Crippen LogP contribution < -0.4 is 10.3 Å². The molecular weight excluding hydrogens is 590 g/mol. The number of hydrogen-bond acceptors (Lipinski definition) is 8. The molecule has 46 heavy (non-hydrogen) atoms. The fourth-order valence-corrected chi connectivity index (χ4v) is 7.42. The topological polar surface area (TPSA) is 165 Å². The van der Waals surface area contributed by atoms with Crippen LogP contribution in [0.1, 0.15) is 39.3 Å². The normalized spacial score (nSPS) is 22.4. The molecule has 4 aromatic carbocycles. The first-order valence-electron chi connectivity index (χ1n) is 14.5. The van der Waals surface area contributed by atoms with Crippen molar-refractivity contribution in [1.29, 1.82) is 0 Å². The van der Waals surface area contributed by atoms with Gasteiger partial charge in [-0.3, -0.25) is 34.6 Å². The van der Waals surface area contributed by atoms with Crippen molar-refractivity contribution >= 4 is 41.0 Å². The number of nitro groups is 2. The van der Waals surface area contributed by atoms with Crippen molar-refractivity contribution in [2.75, 3.05) is 4.90 Å². The van der Waals surface area contributed by atoms with Crippen LogP contribution in [-0.2, 0) is 26.2 Å². The quantitative estimate of drug-likeness (QED) is 0.136. The molecule has 1 fully saturated rings. The number of benzene rings is 4. The van der Waals surface area contributed by atoms with Gasteiger partial charge in [0.2, 0.25) is 17.7 Å². The van der Waals surface area contributed by atoms with Crippen molar-refractivity contribution in [3.63, 3.8) is 0 Å². The van der Waals surface area contributed by atoms with E-state index < -0.39 is 50.7 Å². The number of imide groups is 1. The van der Waals surface area contributed by atoms with Crippen molar-refractivity contribution < 1.29 is 24.2 Å². The molecule has 4 aliphatic rings. The number of carbonyl (C=O) groups is 3. The van der Waals surface area contributed by atoms with Crippen molar-refractivity contribution in [2.45, 2.75) is 24.7 Å². The highest BCUT2D eigenvalue weighted by Crippen LogP contribution is 2.64. The summed E-state index contributed by atoms with van der Waals surface area (Å²) < 4.78 is 0. The van der Waals surface area contributed by atoms with Gasteiger partial charge in [0, 0.05) is 30.3 Å². The molecule has 0 saturated carbocycles. The largest absolute Gasteiger partial charge is 0.293 e. The zero-order chi connectivity index (χ0) is 32.3. The summed E-state index contributed by atoms with van der Waals surface area (Å²) in [7, 11) is 0. The lowest BCUT2D eigenvalue weighted by molar-refractivity contribution is -0.384. The van der Waals surface area contributed by atoms with E-state index in [1.807, 2.05) is 48.5 Å². The summed E-state index contributed by atoms with van der Waals surface area (Å²) in [6, 6.07) is 25.0. The molecule has 2 bridgehead atoms. The molecule has 0 spiro atoms. The Balaban J connectivity index is 1.33. The van der Waals surface area contributed by atoms with Gasteiger partial charge in [0.15, 0.2) is 0 Å². The molecule has 1 N–H and O–H groups in total. The number of aryl methyl sites for hydroxylation is 1. The van der Waals surface area contributed by atoms with Crippen LogP contribution >= 0.6 is 0 Å². The van der Waals surface area contributed by atoms with Crippen LogP contribution in [0.25, 0.3) is 0 Å². The van der Waals surface area contributed by atoms with E-state index in [4.69, 9.17) is 0 Å². The Hall–Kier alpha value is -6.04. The molecule has 1 saturated heterocycles. The zero-order valence-electron chi connectivity index (χ0n) is 24.3. The molecule has 4 aromatic rings. The average molecular weight is 616 g/mol. The molecule has 12 nitrogen and oxygen atoms in total. The summed E-state index contributed by atoms with van der Waals surface area (Å²) in [4.78, 5) is 64.7. The first-order valence-corrected chi connectivity index (χ1v) is 14.5. The minimum Gasteiger partial charge on any atom is -0.274 e. The van der Waals surface area contributed by atoms with E-state index in [1.165, 1.54) is 42.6 Å². The van der Waals surface area contributed by atoms with E-state index in [-0.39, 0.29) is 23.5 Å². The molecule has 12 heteroatoms. The fraction of sp³-hybridized carbons (Fsp3) is 0.176. The summed E-state index contributed by atoms with van der Waals surface area (Å²) in [6.07, 6.45) is 1.40. The van der Waals surface area contributed by atoms with Crippen LogP contribution in [0.3, 0.4) is 0 Å². The number of non-ortho nitro benzene ring substituents is 1. The number of hydrogen-bond donors (Lipinski definition) is 1. The number of nitrogens with one attached hydrogen (secondary N) is 1. The molecule has 0 aromatic heterocycles. The van der Waals surface area contributed by atoms with E-state index >= 15 is 0 Å². The Kier molecular flexibility index (Phi) is 6.58. The van der Waals surface area contributed by atoms with Crippen LogP contribution in [0.2, 0.25) is 0 Å². The summed E-state index contributed by atoms with van der Waals surface area (Å²) in [6.45, 7) is 1.69. The van der Waals surface area contributed by atoms with E-state index in [2.05, 4.69) is 10.5 Å². The van der Waals surface area contributed by atoms with Gasteiger partial charge in [-0.2, -0.15) is 5.10 Å². The second-order valence-corrected chi connectivity index (χ2v) is 11.7. The van der Waals surface area contributed by atoms with Gasteiger partial charge in [-0.1, -0.05) is 66.7 Å². The smallest absolute Gasteiger partial charge is 0.274 e. The van der Waals surface area contributed by atoms with Crippen LogP contribution in [0, 0.1) is 39.0 Å². The number of nitrogens with zero attached hydrogens (tertiary/aromatic N) is 4. The van der Waals surface area contributed by atoms with Crippen molar-refractivity contribution in [1.82, 2.24) is 5.43 Å². The highest BCUT2D eigenvalue weighted by Gasteiger charge is 2.68. The predicted molar refractivity (Wildman–Crippen MR) is 166 cm³/mol. The summed E-state index contributed by atoms with van der Waals surface area (Å²) in [5.41, 5.74) is 5.07. The van der Waals surface area contributed by atoms with Gasteiger partial charge in [0.25, 0.3) is 11.4 Å². The van der Waals surface area contributed by atoms with Gasteiger partial charge >= 0.3 is 0 Å². The van der Waals surface area contributed by atoms with Gasteiger partial charge in [-0.15, -0.1) is 0 Å². The highest BCUT2D eigenvalue weighted by molar-refractivity contribution is 6.25. The molecule has 0 radical (unpaired) electrons. The summed E-state index contributed by atoms with van der Waals surface area (Å²) in [5, 5.41) is 27.4. The number of carbonyl (C=O) groups excluding carboxylic acids is 3. The van der Waals surface area contributed by atoms with Crippen molar-refractivity contribution in [2.24, 2.45) is 16.9 Å². The molecule has 1 heterocycles. The minimum absolute atomic E-state index is 0.0870. The number of amides is 3. The SMILES string of the molecule is Cc1ccc(N2C(=O)[C@@H]3C4c5ccccc5C(/C=N\NC(=O)Cc5ccc([N+](=O)[O-])cc5)(c5ccccc54)[C@H]3C2=O)c([N+](=O)[O-])c1. The Morgan fingerprint density at radius 1 is 0.891 bits per heavy atom. The average Bonchev–Trinajstić information content (AvgIpc) is 3.31. The number of anilines is 1. The third-order valence-electron chi connectivity index (χ3n) is 9.22. The van der Waals surface area contributed by atoms with Crippen LogP contribution in [-0.4, -0.2) is 33.8 Å².